The van der Waals surface area contributed by atoms with E-state index in [1.54, 1.807) is 0 Å². The number of fused-ring (bicyclic) bond motifs is 15. The molecule has 362 valence electrons. The molecule has 0 N–H and O–H groups in total. The van der Waals surface area contributed by atoms with Crippen LogP contribution in [0.4, 0.5) is 0 Å². The van der Waals surface area contributed by atoms with E-state index in [1.807, 2.05) is 0 Å². The summed E-state index contributed by atoms with van der Waals surface area (Å²) in [6.45, 7) is 0. The molecule has 17 aromatic rings. The van der Waals surface area contributed by atoms with Gasteiger partial charge in [0.1, 0.15) is 22.3 Å². The summed E-state index contributed by atoms with van der Waals surface area (Å²) in [4.78, 5) is 0. The highest BCUT2D eigenvalue weighted by Crippen LogP contribution is 2.48. The van der Waals surface area contributed by atoms with Crippen LogP contribution in [0.2, 0.25) is 0 Å². The fraction of sp³-hybridized carbons (Fsp3) is 0. The van der Waals surface area contributed by atoms with Crippen molar-refractivity contribution in [3.63, 3.8) is 0 Å². The molecule has 15 aromatic carbocycles. The van der Waals surface area contributed by atoms with Crippen LogP contribution in [0, 0.1) is 0 Å². The first kappa shape index (κ1) is 18.2. The van der Waals surface area contributed by atoms with Gasteiger partial charge in [0.25, 0.3) is 0 Å². The second-order valence-corrected chi connectivity index (χ2v) is 17.0. The molecule has 0 bridgehead atoms. The Balaban J connectivity index is 0.000000184. The summed E-state index contributed by atoms with van der Waals surface area (Å²) in [6.07, 6.45) is 0. The quantitative estimate of drug-likeness (QED) is 0.164. The maximum Gasteiger partial charge on any atom is 0.143 e. The SMILES string of the molecule is [2H]c1c([2H])c([2H])c(-c2c3c([2H])c([2H])c([2H])c([2H])c3c(-c3c([2H])c([2H])c4c(oc5c([2H])c([2H])c6c([2H])c([2H])c([2H])c([2H])c6c54)c3[2H])c3c([2H])c([2H])c([2H])c([2H])c23)c([2H])c1[2H].[2H]c1c([2H])c([2H])c2c(-c3c4c([2H])c([2H])c([2H])c([2H])c4c(-c4c([2H])c([2H])c5c(oc6c7c([2H])c([2H])c([2H])c([2H])c7c([2H])c([2H])c65)c4[2H])c4c([2H])c([2H])c([2H])c([2H])c34)c([2H])c([2H])c([2H])c2c1[2H]. The molecule has 0 fully saturated rings. The summed E-state index contributed by atoms with van der Waals surface area (Å²) >= 11 is 0. The second-order valence-electron chi connectivity index (χ2n) is 17.0. The van der Waals surface area contributed by atoms with E-state index < -0.39 is 420 Å². The highest BCUT2D eigenvalue weighted by atomic mass is 16.3. The van der Waals surface area contributed by atoms with Crippen LogP contribution >= 0.6 is 0 Å². The van der Waals surface area contributed by atoms with Gasteiger partial charge in [0.2, 0.25) is 0 Å². The Kier molecular flexibility index (Phi) is 4.12. The normalized spacial score (nSPS) is 20.1. The third-order valence-electron chi connectivity index (χ3n) is 12.9. The van der Waals surface area contributed by atoms with Gasteiger partial charge in [-0.15, -0.1) is 0 Å². The van der Waals surface area contributed by atoms with Gasteiger partial charge < -0.3 is 8.83 Å². The molecule has 78 heavy (non-hydrogen) atoms. The van der Waals surface area contributed by atoms with Crippen LogP contribution in [0.1, 0.15) is 63.1 Å². The molecule has 0 atom stereocenters. The lowest BCUT2D eigenvalue weighted by molar-refractivity contribution is 0.669. The minimum absolute atomic E-state index is 0.295. The van der Waals surface area contributed by atoms with Gasteiger partial charge in [-0.3, -0.25) is 0 Å². The van der Waals surface area contributed by atoms with Crippen molar-refractivity contribution < 1.29 is 71.9 Å². The van der Waals surface area contributed by atoms with Crippen LogP contribution in [0.25, 0.3) is 164 Å². The fourth-order valence-electron chi connectivity index (χ4n) is 9.73. The van der Waals surface area contributed by atoms with Crippen molar-refractivity contribution in [3.8, 4) is 44.5 Å². The lowest BCUT2D eigenvalue weighted by Gasteiger charge is -2.18. The average molecular weight is 1040 g/mol. The molecule has 0 aliphatic carbocycles. The zero-order valence-electron chi connectivity index (χ0n) is 84.8. The zero-order valence-corrected chi connectivity index (χ0v) is 38.8. The zero-order chi connectivity index (χ0) is 91.3. The summed E-state index contributed by atoms with van der Waals surface area (Å²) < 4.78 is 419. The van der Waals surface area contributed by atoms with Gasteiger partial charge >= 0.3 is 0 Å². The molecule has 2 heteroatoms. The van der Waals surface area contributed by atoms with Crippen molar-refractivity contribution in [3.05, 3.63) is 278 Å². The third-order valence-corrected chi connectivity index (χ3v) is 12.9. The molecule has 0 aliphatic heterocycles. The summed E-state index contributed by atoms with van der Waals surface area (Å²) in [7, 11) is 0. The predicted molar refractivity (Wildman–Crippen MR) is 332 cm³/mol. The van der Waals surface area contributed by atoms with Gasteiger partial charge in [0.05, 0.1) is 63.1 Å². The molecule has 0 saturated heterocycles. The maximum atomic E-state index is 9.65. The maximum absolute atomic E-state index is 9.65. The largest absolute Gasteiger partial charge is 0.456 e. The highest BCUT2D eigenvalue weighted by Gasteiger charge is 2.21. The molecule has 2 nitrogen and oxygen atoms in total. The monoisotopic (exact) mass is 1040 g/mol. The van der Waals surface area contributed by atoms with E-state index in [0.717, 1.165) is 0 Å². The molecule has 0 spiro atoms. The smallest absolute Gasteiger partial charge is 0.143 e. The van der Waals surface area contributed by atoms with Gasteiger partial charge in [-0.2, -0.15) is 0 Å². The van der Waals surface area contributed by atoms with Gasteiger partial charge in [-0.1, -0.05) is 242 Å². The van der Waals surface area contributed by atoms with E-state index in [2.05, 4.69) is 0 Å². The molecule has 0 radical (unpaired) electrons. The lowest BCUT2D eigenvalue weighted by atomic mass is 9.84. The van der Waals surface area contributed by atoms with Gasteiger partial charge in [-0.05, 0) is 151 Å². The van der Waals surface area contributed by atoms with E-state index in [1.165, 1.54) is 0 Å². The summed E-state index contributed by atoms with van der Waals surface area (Å²) in [5, 5.41) is -9.30. The summed E-state index contributed by atoms with van der Waals surface area (Å²) in [5.41, 5.74) is -7.36. The first-order valence-corrected chi connectivity index (χ1v) is 23.1. The number of furan rings is 2. The average Bonchev–Trinajstić information content (AvgIpc) is 1.31. The van der Waals surface area contributed by atoms with E-state index in [-0.39, 0.29) is 21.5 Å². The molecular formula is C76H46O2. The Hall–Kier alpha value is -10.3. The standard InChI is InChI=1S/C40H24O.C36H22O/c1-3-13-28-25(10-1)12-9-19-31(28)39-34-17-7-5-15-32(34)38(33-16-6-8-18-35(33)39)27-21-22-30-36-23-20-26-11-2-4-14-29(26)40(36)41-37(30)24-27;1-2-11-24(12-3-1)34-27-14-6-8-16-29(27)35(30-17-9-7-15-28(30)34)25-18-20-31-33(22-25)37-32-21-19-23-10-4-5-13-26(23)36(31)32/h1-24H;1-22H/i1D,2D,3D,4D,5D,6D,7D,8D,9D,10D,11D,12D,13D,14D,15D,16D,17D,18D,19D,20D,21D,22D,23D,24D;1D,2D,3D,4D,5D,6D,7D,8D,9D,10D,11D,12D,13D,14D,15D,16D,17D,18D,19D,20D,21D,22D. The van der Waals surface area contributed by atoms with E-state index in [4.69, 9.17) is 54.1 Å². The lowest BCUT2D eigenvalue weighted by Crippen LogP contribution is -1.91. The van der Waals surface area contributed by atoms with Crippen molar-refractivity contribution in [2.24, 2.45) is 0 Å². The van der Waals surface area contributed by atoms with Crippen molar-refractivity contribution in [2.45, 2.75) is 0 Å². The minimum atomic E-state index is -0.938. The second kappa shape index (κ2) is 17.7. The third kappa shape index (κ3) is 6.83. The van der Waals surface area contributed by atoms with Crippen LogP contribution in [-0.4, -0.2) is 0 Å². The Morgan fingerprint density at radius 3 is 1.19 bits per heavy atom. The highest BCUT2D eigenvalue weighted by molar-refractivity contribution is 6.26. The summed E-state index contributed by atoms with van der Waals surface area (Å²) in [5.74, 6) is 0. The van der Waals surface area contributed by atoms with Gasteiger partial charge in [-0.25, -0.2) is 0 Å². The molecule has 2 aromatic heterocycles. The number of hydrogen-bond donors (Lipinski definition) is 0. The van der Waals surface area contributed by atoms with Crippen molar-refractivity contribution in [2.75, 3.05) is 0 Å². The van der Waals surface area contributed by atoms with Crippen LogP contribution in [0.15, 0.2) is 287 Å². The molecule has 0 saturated carbocycles. The van der Waals surface area contributed by atoms with Crippen molar-refractivity contribution in [1.29, 1.82) is 0 Å². The Labute approximate surface area is 513 Å². The first-order chi connectivity index (χ1) is 57.9. The Morgan fingerprint density at radius 2 is 0.615 bits per heavy atom. The van der Waals surface area contributed by atoms with Crippen LogP contribution in [0.5, 0.6) is 0 Å². The first-order valence-electron chi connectivity index (χ1n) is 46.1. The molecule has 0 aliphatic rings. The van der Waals surface area contributed by atoms with E-state index in [0.29, 0.717) is 0 Å². The number of rotatable bonds is 4. The van der Waals surface area contributed by atoms with Crippen molar-refractivity contribution >= 4 is 119 Å². The molecule has 0 unspecified atom stereocenters. The minimum Gasteiger partial charge on any atom is -0.456 e. The molecule has 2 heterocycles. The van der Waals surface area contributed by atoms with Crippen molar-refractivity contribution in [1.82, 2.24) is 0 Å². The molecular weight excluding hydrogens is 945 g/mol. The molecule has 17 rings (SSSR count). The Morgan fingerprint density at radius 1 is 0.218 bits per heavy atom. The number of hydrogen-bond acceptors (Lipinski definition) is 2. The van der Waals surface area contributed by atoms with E-state index >= 15 is 0 Å². The van der Waals surface area contributed by atoms with Crippen LogP contribution in [0.3, 0.4) is 0 Å². The van der Waals surface area contributed by atoms with Gasteiger partial charge in [0.15, 0.2) is 0 Å². The Bertz CT molecular complexity index is 7900. The fourth-order valence-corrected chi connectivity index (χ4v) is 9.73. The van der Waals surface area contributed by atoms with Gasteiger partial charge in [0, 0.05) is 26.9 Å². The molecule has 0 amide bonds. The predicted octanol–water partition coefficient (Wildman–Crippen LogP) is 21.9. The van der Waals surface area contributed by atoms with Crippen LogP contribution < -0.4 is 0 Å². The van der Waals surface area contributed by atoms with E-state index in [9.17, 15) is 17.8 Å². The topological polar surface area (TPSA) is 26.3 Å². The summed E-state index contributed by atoms with van der Waals surface area (Å²) in [6, 6.07) is -38.4. The number of benzene rings is 15. The van der Waals surface area contributed by atoms with Crippen LogP contribution in [-0.2, 0) is 0 Å².